The molecule has 0 aliphatic carbocycles. The molecule has 0 spiro atoms. The first-order valence-corrected chi connectivity index (χ1v) is 6.81. The van der Waals surface area contributed by atoms with Gasteiger partial charge in [-0.3, -0.25) is 0 Å². The third-order valence-electron chi connectivity index (χ3n) is 2.80. The third-order valence-corrected chi connectivity index (χ3v) is 2.80. The maximum Gasteiger partial charge on any atom is 0.119 e. The minimum atomic E-state index is 0.391. The van der Waals surface area contributed by atoms with E-state index in [1.165, 1.54) is 5.56 Å². The van der Waals surface area contributed by atoms with Crippen molar-refractivity contribution in [1.29, 1.82) is 0 Å². The quantitative estimate of drug-likeness (QED) is 0.684. The van der Waals surface area contributed by atoms with Crippen LogP contribution in [0, 0.1) is 0 Å². The maximum absolute atomic E-state index is 5.65. The first kappa shape index (κ1) is 15.0. The summed E-state index contributed by atoms with van der Waals surface area (Å²) in [6, 6.07) is 8.69. The molecule has 1 atom stereocenters. The second kappa shape index (κ2) is 8.95. The molecule has 0 radical (unpaired) electrons. The van der Waals surface area contributed by atoms with E-state index >= 15 is 0 Å². The Morgan fingerprint density at radius 2 is 1.83 bits per heavy atom. The Hall–Kier alpha value is -1.06. The van der Waals surface area contributed by atoms with Gasteiger partial charge in [-0.1, -0.05) is 19.1 Å². The predicted octanol–water partition coefficient (Wildman–Crippen LogP) is 3.16. The van der Waals surface area contributed by atoms with Gasteiger partial charge in [0.25, 0.3) is 0 Å². The van der Waals surface area contributed by atoms with E-state index in [1.807, 2.05) is 19.1 Å². The number of ether oxygens (including phenoxy) is 2. The van der Waals surface area contributed by atoms with Crippen molar-refractivity contribution in [2.45, 2.75) is 33.2 Å². The van der Waals surface area contributed by atoms with Crippen LogP contribution in [-0.4, -0.2) is 26.4 Å². The molecule has 1 N–H and O–H groups in total. The van der Waals surface area contributed by atoms with Crippen LogP contribution in [-0.2, 0) is 4.74 Å². The molecule has 0 aliphatic heterocycles. The van der Waals surface area contributed by atoms with Crippen LogP contribution < -0.4 is 10.1 Å². The van der Waals surface area contributed by atoms with E-state index in [-0.39, 0.29) is 0 Å². The van der Waals surface area contributed by atoms with Crippen LogP contribution in [0.1, 0.15) is 38.8 Å². The Balaban J connectivity index is 2.31. The molecule has 0 saturated carbocycles. The SMILES string of the molecule is CCNC(C)c1ccc(OCCCOCC)cc1. The van der Waals surface area contributed by atoms with E-state index in [1.54, 1.807) is 0 Å². The first-order valence-electron chi connectivity index (χ1n) is 6.81. The van der Waals surface area contributed by atoms with Crippen molar-refractivity contribution in [3.63, 3.8) is 0 Å². The van der Waals surface area contributed by atoms with Crippen LogP contribution in [0.15, 0.2) is 24.3 Å². The summed E-state index contributed by atoms with van der Waals surface area (Å²) < 4.78 is 10.9. The Kier molecular flexibility index (Phi) is 7.46. The largest absolute Gasteiger partial charge is 0.494 e. The van der Waals surface area contributed by atoms with E-state index in [0.29, 0.717) is 12.6 Å². The highest BCUT2D eigenvalue weighted by molar-refractivity contribution is 5.28. The second-order valence-corrected chi connectivity index (χ2v) is 4.25. The van der Waals surface area contributed by atoms with Crippen molar-refractivity contribution in [2.24, 2.45) is 0 Å². The maximum atomic E-state index is 5.65. The standard InChI is InChI=1S/C15H25NO2/c1-4-16-13(3)14-7-9-15(10-8-14)18-12-6-11-17-5-2/h7-10,13,16H,4-6,11-12H2,1-3H3. The molecule has 0 saturated heterocycles. The molecule has 1 aromatic rings. The monoisotopic (exact) mass is 251 g/mol. The highest BCUT2D eigenvalue weighted by atomic mass is 16.5. The van der Waals surface area contributed by atoms with Gasteiger partial charge in [0.15, 0.2) is 0 Å². The number of benzene rings is 1. The van der Waals surface area contributed by atoms with Crippen molar-refractivity contribution in [1.82, 2.24) is 5.32 Å². The van der Waals surface area contributed by atoms with Crippen molar-refractivity contribution >= 4 is 0 Å². The Bertz CT molecular complexity index is 311. The van der Waals surface area contributed by atoms with Gasteiger partial charge in [-0.25, -0.2) is 0 Å². The highest BCUT2D eigenvalue weighted by Crippen LogP contribution is 2.17. The fraction of sp³-hybridized carbons (Fsp3) is 0.600. The fourth-order valence-electron chi connectivity index (χ4n) is 1.77. The van der Waals surface area contributed by atoms with Gasteiger partial charge in [0.1, 0.15) is 5.75 Å². The summed E-state index contributed by atoms with van der Waals surface area (Å²) in [5.41, 5.74) is 1.29. The van der Waals surface area contributed by atoms with Gasteiger partial charge in [0.05, 0.1) is 6.61 Å². The molecule has 102 valence electrons. The van der Waals surface area contributed by atoms with Gasteiger partial charge in [-0.15, -0.1) is 0 Å². The molecule has 3 nitrogen and oxygen atoms in total. The van der Waals surface area contributed by atoms with Crippen molar-refractivity contribution in [3.05, 3.63) is 29.8 Å². The number of nitrogens with one attached hydrogen (secondary N) is 1. The average Bonchev–Trinajstić information content (AvgIpc) is 2.39. The summed E-state index contributed by atoms with van der Waals surface area (Å²) in [7, 11) is 0. The van der Waals surface area contributed by atoms with Crippen LogP contribution in [0.3, 0.4) is 0 Å². The molecule has 0 amide bonds. The number of hydrogen-bond acceptors (Lipinski definition) is 3. The van der Waals surface area contributed by atoms with Crippen LogP contribution in [0.4, 0.5) is 0 Å². The molecular weight excluding hydrogens is 226 g/mol. The zero-order valence-electron chi connectivity index (χ0n) is 11.7. The molecule has 0 bridgehead atoms. The zero-order chi connectivity index (χ0) is 13.2. The lowest BCUT2D eigenvalue weighted by Gasteiger charge is -2.13. The topological polar surface area (TPSA) is 30.5 Å². The molecule has 0 heterocycles. The molecule has 0 fully saturated rings. The summed E-state index contributed by atoms with van der Waals surface area (Å²) in [5.74, 6) is 0.930. The lowest BCUT2D eigenvalue weighted by molar-refractivity contribution is 0.131. The lowest BCUT2D eigenvalue weighted by Crippen LogP contribution is -2.17. The van der Waals surface area contributed by atoms with Gasteiger partial charge >= 0.3 is 0 Å². The highest BCUT2D eigenvalue weighted by Gasteiger charge is 2.03. The number of rotatable bonds is 9. The van der Waals surface area contributed by atoms with Crippen molar-refractivity contribution in [3.8, 4) is 5.75 Å². The molecule has 0 aliphatic rings. The van der Waals surface area contributed by atoms with E-state index in [0.717, 1.165) is 31.9 Å². The third kappa shape index (κ3) is 5.52. The zero-order valence-corrected chi connectivity index (χ0v) is 11.7. The summed E-state index contributed by atoms with van der Waals surface area (Å²) in [6.07, 6.45) is 0.934. The Morgan fingerprint density at radius 3 is 2.44 bits per heavy atom. The molecule has 18 heavy (non-hydrogen) atoms. The van der Waals surface area contributed by atoms with E-state index < -0.39 is 0 Å². The van der Waals surface area contributed by atoms with Crippen LogP contribution in [0.25, 0.3) is 0 Å². The minimum Gasteiger partial charge on any atom is -0.494 e. The summed E-state index contributed by atoms with van der Waals surface area (Å²) in [6.45, 7) is 9.53. The summed E-state index contributed by atoms with van der Waals surface area (Å²) in [4.78, 5) is 0. The van der Waals surface area contributed by atoms with Crippen molar-refractivity contribution < 1.29 is 9.47 Å². The van der Waals surface area contributed by atoms with E-state index in [4.69, 9.17) is 9.47 Å². The Morgan fingerprint density at radius 1 is 1.11 bits per heavy atom. The van der Waals surface area contributed by atoms with E-state index in [9.17, 15) is 0 Å². The minimum absolute atomic E-state index is 0.391. The first-order chi connectivity index (χ1) is 8.77. The van der Waals surface area contributed by atoms with Gasteiger partial charge in [0.2, 0.25) is 0 Å². The molecular formula is C15H25NO2. The van der Waals surface area contributed by atoms with Gasteiger partial charge in [-0.05, 0) is 38.1 Å². The van der Waals surface area contributed by atoms with Crippen LogP contribution in [0.5, 0.6) is 5.75 Å². The lowest BCUT2D eigenvalue weighted by atomic mass is 10.1. The normalized spacial score (nSPS) is 12.4. The van der Waals surface area contributed by atoms with E-state index in [2.05, 4.69) is 31.3 Å². The summed E-state index contributed by atoms with van der Waals surface area (Å²) in [5, 5.41) is 3.39. The molecule has 1 rings (SSSR count). The van der Waals surface area contributed by atoms with Crippen LogP contribution in [0.2, 0.25) is 0 Å². The van der Waals surface area contributed by atoms with Crippen LogP contribution >= 0.6 is 0 Å². The summed E-state index contributed by atoms with van der Waals surface area (Å²) >= 11 is 0. The van der Waals surface area contributed by atoms with Gasteiger partial charge in [-0.2, -0.15) is 0 Å². The predicted molar refractivity (Wildman–Crippen MR) is 75.1 cm³/mol. The van der Waals surface area contributed by atoms with Gasteiger partial charge in [0, 0.05) is 25.7 Å². The number of hydrogen-bond donors (Lipinski definition) is 1. The Labute approximate surface area is 110 Å². The van der Waals surface area contributed by atoms with Crippen molar-refractivity contribution in [2.75, 3.05) is 26.4 Å². The molecule has 1 unspecified atom stereocenters. The fourth-order valence-corrected chi connectivity index (χ4v) is 1.77. The molecule has 0 aromatic heterocycles. The smallest absolute Gasteiger partial charge is 0.119 e. The average molecular weight is 251 g/mol. The second-order valence-electron chi connectivity index (χ2n) is 4.25. The molecule has 1 aromatic carbocycles. The molecule has 3 heteroatoms. The van der Waals surface area contributed by atoms with Gasteiger partial charge < -0.3 is 14.8 Å².